The summed E-state index contributed by atoms with van der Waals surface area (Å²) in [5.74, 6) is -1.20. The Morgan fingerprint density at radius 2 is 1.83 bits per heavy atom. The van der Waals surface area contributed by atoms with E-state index in [1.165, 1.54) is 6.92 Å². The van der Waals surface area contributed by atoms with Gasteiger partial charge in [-0.1, -0.05) is 53.5 Å². The molecule has 184 valence electrons. The van der Waals surface area contributed by atoms with Crippen LogP contribution in [-0.2, 0) is 19.1 Å². The van der Waals surface area contributed by atoms with E-state index < -0.39 is 36.1 Å². The van der Waals surface area contributed by atoms with Crippen molar-refractivity contribution in [2.45, 2.75) is 50.5 Å². The molecule has 7 nitrogen and oxygen atoms in total. The number of carbonyl (C=O) groups excluding carboxylic acids is 3. The highest BCUT2D eigenvalue weighted by atomic mass is 35.5. The molecule has 4 atom stereocenters. The van der Waals surface area contributed by atoms with Crippen molar-refractivity contribution in [3.8, 4) is 0 Å². The number of nitrogens with zero attached hydrogens (tertiary/aromatic N) is 1. The largest absolute Gasteiger partial charge is 0.358 e. The highest BCUT2D eigenvalue weighted by molar-refractivity contribution is 6.30. The Labute approximate surface area is 214 Å². The zero-order chi connectivity index (χ0) is 25.1. The maximum absolute atomic E-state index is 13.9. The molecule has 0 aromatic heterocycles. The Morgan fingerprint density at radius 3 is 2.43 bits per heavy atom. The van der Waals surface area contributed by atoms with Crippen LogP contribution in [-0.4, -0.2) is 34.8 Å². The molecule has 4 rings (SSSR count). The molecule has 2 aliphatic rings. The van der Waals surface area contributed by atoms with Crippen LogP contribution in [0.4, 0.5) is 0 Å². The second-order valence-corrected chi connectivity index (χ2v) is 9.69. The molecule has 2 aromatic rings. The van der Waals surface area contributed by atoms with Crippen LogP contribution in [0.2, 0.25) is 10.0 Å². The molecule has 0 unspecified atom stereocenters. The van der Waals surface area contributed by atoms with Gasteiger partial charge in [-0.2, -0.15) is 0 Å². The summed E-state index contributed by atoms with van der Waals surface area (Å²) in [5, 5.41) is 1.08. The van der Waals surface area contributed by atoms with Crippen molar-refractivity contribution in [3.05, 3.63) is 82.4 Å². The minimum atomic E-state index is -0.824. The Bertz CT molecular complexity index is 1120. The lowest BCUT2D eigenvalue weighted by Gasteiger charge is -2.47. The van der Waals surface area contributed by atoms with Crippen LogP contribution in [0.5, 0.6) is 0 Å². The monoisotopic (exact) mass is 515 g/mol. The van der Waals surface area contributed by atoms with Crippen LogP contribution in [0.3, 0.4) is 0 Å². The molecule has 3 amide bonds. The van der Waals surface area contributed by atoms with Gasteiger partial charge in [-0.25, -0.2) is 0 Å². The van der Waals surface area contributed by atoms with Crippen LogP contribution in [0, 0.1) is 5.92 Å². The second-order valence-electron chi connectivity index (χ2n) is 8.82. The third-order valence-electron chi connectivity index (χ3n) is 6.20. The molecule has 1 saturated carbocycles. The molecule has 1 heterocycles. The van der Waals surface area contributed by atoms with Gasteiger partial charge < -0.3 is 9.64 Å². The summed E-state index contributed by atoms with van der Waals surface area (Å²) < 4.78 is 6.38. The number of rotatable bonds is 7. The van der Waals surface area contributed by atoms with Gasteiger partial charge in [0, 0.05) is 23.4 Å². The van der Waals surface area contributed by atoms with Crippen LogP contribution in [0.1, 0.15) is 49.5 Å². The van der Waals surface area contributed by atoms with Crippen molar-refractivity contribution in [1.29, 1.82) is 0 Å². The first-order valence-electron chi connectivity index (χ1n) is 11.5. The summed E-state index contributed by atoms with van der Waals surface area (Å²) in [6.45, 7) is 5.08. The summed E-state index contributed by atoms with van der Waals surface area (Å²) in [4.78, 5) is 40.3. The van der Waals surface area contributed by atoms with Gasteiger partial charge in [-0.3, -0.25) is 25.2 Å². The quantitative estimate of drug-likeness (QED) is 0.419. The Hall–Kier alpha value is -2.87. The van der Waals surface area contributed by atoms with E-state index in [9.17, 15) is 14.4 Å². The number of benzene rings is 2. The van der Waals surface area contributed by atoms with Crippen molar-refractivity contribution in [2.75, 3.05) is 0 Å². The van der Waals surface area contributed by atoms with Crippen molar-refractivity contribution < 1.29 is 19.1 Å². The molecule has 0 radical (unpaired) electrons. The van der Waals surface area contributed by atoms with E-state index in [1.807, 2.05) is 24.3 Å². The molecular weight excluding hydrogens is 489 g/mol. The standard InChI is InChI=1S/C26H27Cl2N3O4/c1-3-5-21-26(34)31(23(17-8-9-17)25(33)30-29-15(2)32)22(16-10-12-19(27)13-11-16)24(35-21)18-6-4-7-20(28)14-18/h3-4,6-7,10-14,17,21-24H,1,5,8-9H2,2H3,(H,29,32)(H,30,33)/t21-,22+,23+,24-/m0/s1. The first-order chi connectivity index (χ1) is 16.8. The normalized spacial score (nSPS) is 22.9. The Morgan fingerprint density at radius 1 is 1.11 bits per heavy atom. The van der Waals surface area contributed by atoms with E-state index in [2.05, 4.69) is 17.4 Å². The topological polar surface area (TPSA) is 87.7 Å². The van der Waals surface area contributed by atoms with E-state index in [1.54, 1.807) is 35.2 Å². The fraction of sp³-hybridized carbons (Fsp3) is 0.346. The van der Waals surface area contributed by atoms with Crippen LogP contribution < -0.4 is 10.9 Å². The maximum atomic E-state index is 13.9. The van der Waals surface area contributed by atoms with E-state index in [4.69, 9.17) is 27.9 Å². The molecule has 1 aliphatic heterocycles. The molecular formula is C26H27Cl2N3O4. The molecule has 0 bridgehead atoms. The molecule has 9 heteroatoms. The number of hydrazine groups is 1. The lowest BCUT2D eigenvalue weighted by molar-refractivity contribution is -0.182. The maximum Gasteiger partial charge on any atom is 0.261 e. The van der Waals surface area contributed by atoms with Gasteiger partial charge in [0.2, 0.25) is 5.91 Å². The SMILES string of the molecule is C=CC[C@@H]1O[C@@H](c2cccc(Cl)c2)[C@@H](c2ccc(Cl)cc2)N([C@@H](C(=O)NNC(C)=O)C2CC2)C1=O. The van der Waals surface area contributed by atoms with Crippen molar-refractivity contribution in [3.63, 3.8) is 0 Å². The minimum Gasteiger partial charge on any atom is -0.358 e. The third-order valence-corrected chi connectivity index (χ3v) is 6.68. The molecule has 35 heavy (non-hydrogen) atoms. The van der Waals surface area contributed by atoms with E-state index >= 15 is 0 Å². The number of carbonyl (C=O) groups is 3. The molecule has 1 saturated heterocycles. The van der Waals surface area contributed by atoms with Crippen LogP contribution in [0.25, 0.3) is 0 Å². The molecule has 0 spiro atoms. The summed E-state index contributed by atoms with van der Waals surface area (Å²) in [7, 11) is 0. The van der Waals surface area contributed by atoms with Gasteiger partial charge in [0.25, 0.3) is 11.8 Å². The molecule has 2 N–H and O–H groups in total. The van der Waals surface area contributed by atoms with Gasteiger partial charge in [-0.05, 0) is 54.2 Å². The molecule has 2 aromatic carbocycles. The summed E-state index contributed by atoms with van der Waals surface area (Å²) in [6, 6.07) is 13.0. The fourth-order valence-electron chi connectivity index (χ4n) is 4.52. The summed E-state index contributed by atoms with van der Waals surface area (Å²) in [6.07, 6.45) is 2.07. The van der Waals surface area contributed by atoms with Crippen molar-refractivity contribution >= 4 is 40.9 Å². The van der Waals surface area contributed by atoms with E-state index in [0.29, 0.717) is 10.0 Å². The van der Waals surface area contributed by atoms with Gasteiger partial charge in [0.1, 0.15) is 18.2 Å². The van der Waals surface area contributed by atoms with Gasteiger partial charge in [-0.15, -0.1) is 6.58 Å². The number of ether oxygens (including phenoxy) is 1. The van der Waals surface area contributed by atoms with E-state index in [0.717, 1.165) is 24.0 Å². The number of amides is 3. The first kappa shape index (κ1) is 25.2. The second kappa shape index (κ2) is 10.8. The average Bonchev–Trinajstić information content (AvgIpc) is 3.66. The van der Waals surface area contributed by atoms with Crippen molar-refractivity contribution in [1.82, 2.24) is 15.8 Å². The van der Waals surface area contributed by atoms with Crippen LogP contribution in [0.15, 0.2) is 61.2 Å². The zero-order valence-electron chi connectivity index (χ0n) is 19.2. The van der Waals surface area contributed by atoms with E-state index in [-0.39, 0.29) is 18.2 Å². The molecule has 1 aliphatic carbocycles. The number of nitrogens with one attached hydrogen (secondary N) is 2. The Kier molecular flexibility index (Phi) is 7.79. The zero-order valence-corrected chi connectivity index (χ0v) is 20.8. The lowest BCUT2D eigenvalue weighted by Crippen LogP contribution is -2.60. The molecule has 2 fully saturated rings. The van der Waals surface area contributed by atoms with Gasteiger partial charge in [0.05, 0.1) is 6.04 Å². The lowest BCUT2D eigenvalue weighted by atomic mass is 9.89. The predicted molar refractivity (Wildman–Crippen MR) is 133 cm³/mol. The van der Waals surface area contributed by atoms with Crippen LogP contribution >= 0.6 is 23.2 Å². The highest BCUT2D eigenvalue weighted by Crippen LogP contribution is 2.48. The number of hydrogen-bond donors (Lipinski definition) is 2. The smallest absolute Gasteiger partial charge is 0.261 e. The number of hydrogen-bond acceptors (Lipinski definition) is 4. The first-order valence-corrected chi connectivity index (χ1v) is 12.2. The summed E-state index contributed by atoms with van der Waals surface area (Å²) >= 11 is 12.5. The van der Waals surface area contributed by atoms with Gasteiger partial charge >= 0.3 is 0 Å². The van der Waals surface area contributed by atoms with Crippen molar-refractivity contribution in [2.24, 2.45) is 5.92 Å². The minimum absolute atomic E-state index is 0.0370. The third kappa shape index (κ3) is 5.69. The van der Waals surface area contributed by atoms with Gasteiger partial charge in [0.15, 0.2) is 0 Å². The number of halogens is 2. The number of morpholine rings is 1. The summed E-state index contributed by atoms with van der Waals surface area (Å²) in [5.41, 5.74) is 6.37. The fourth-order valence-corrected chi connectivity index (χ4v) is 4.84. The average molecular weight is 516 g/mol. The predicted octanol–water partition coefficient (Wildman–Crippen LogP) is 4.53. The highest BCUT2D eigenvalue weighted by Gasteiger charge is 2.52. The Balaban J connectivity index is 1.84.